The monoisotopic (exact) mass is 434 g/mol. The van der Waals surface area contributed by atoms with Gasteiger partial charge in [0.25, 0.3) is 0 Å². The highest BCUT2D eigenvalue weighted by atomic mass is 32.1. The molecule has 0 saturated heterocycles. The zero-order valence-electron chi connectivity index (χ0n) is 16.3. The van der Waals surface area contributed by atoms with Crippen LogP contribution in [-0.2, 0) is 0 Å². The molecular formula is C24H19FN2O3S. The summed E-state index contributed by atoms with van der Waals surface area (Å²) < 4.78 is 19.5. The van der Waals surface area contributed by atoms with Crippen molar-refractivity contribution in [2.24, 2.45) is 0 Å². The molecule has 0 aliphatic rings. The maximum absolute atomic E-state index is 13.5. The molecule has 1 unspecified atom stereocenters. The number of aliphatic hydroxyl groups excluding tert-OH is 1. The fourth-order valence-electron chi connectivity index (χ4n) is 3.24. The van der Waals surface area contributed by atoms with Crippen molar-refractivity contribution in [1.29, 1.82) is 5.41 Å². The number of hydrogen-bond donors (Lipinski definition) is 3. The van der Waals surface area contributed by atoms with E-state index < -0.39 is 12.4 Å². The lowest BCUT2D eigenvalue weighted by Crippen LogP contribution is -2.24. The molecule has 0 aliphatic heterocycles. The molecule has 7 heteroatoms. The number of thiophene rings is 1. The zero-order valence-corrected chi connectivity index (χ0v) is 17.1. The number of rotatable bonds is 7. The first-order chi connectivity index (χ1) is 15.1. The summed E-state index contributed by atoms with van der Waals surface area (Å²) >= 11 is 1.49. The Morgan fingerprint density at radius 1 is 1.00 bits per heavy atom. The maximum atomic E-state index is 13.5. The number of nitrogens with one attached hydrogen (secondary N) is 1. The van der Waals surface area contributed by atoms with Crippen LogP contribution in [0.25, 0.3) is 21.7 Å². The Labute approximate surface area is 182 Å². The van der Waals surface area contributed by atoms with Crippen LogP contribution in [0.3, 0.4) is 0 Å². The van der Waals surface area contributed by atoms with Crippen LogP contribution in [0.2, 0.25) is 0 Å². The Morgan fingerprint density at radius 2 is 1.74 bits per heavy atom. The minimum absolute atomic E-state index is 0.0854. The summed E-state index contributed by atoms with van der Waals surface area (Å²) in [6, 6.07) is 20.4. The lowest BCUT2D eigenvalue weighted by molar-refractivity contribution is -0.115. The number of halogens is 1. The summed E-state index contributed by atoms with van der Waals surface area (Å²) in [5, 5.41) is 29.8. The highest BCUT2D eigenvalue weighted by molar-refractivity contribution is 7.13. The highest BCUT2D eigenvalue weighted by Crippen LogP contribution is 2.36. The first-order valence-electron chi connectivity index (χ1n) is 9.50. The van der Waals surface area contributed by atoms with E-state index in [-0.39, 0.29) is 11.7 Å². The van der Waals surface area contributed by atoms with Crippen LogP contribution < -0.4 is 4.74 Å². The molecule has 2 aromatic heterocycles. The van der Waals surface area contributed by atoms with Gasteiger partial charge in [0, 0.05) is 6.21 Å². The lowest BCUT2D eigenvalue weighted by atomic mass is 10.00. The number of benzene rings is 2. The molecule has 2 aromatic carbocycles. The first kappa shape index (κ1) is 20.9. The van der Waals surface area contributed by atoms with Crippen LogP contribution in [0.4, 0.5) is 4.39 Å². The van der Waals surface area contributed by atoms with Gasteiger partial charge in [-0.1, -0.05) is 48.5 Å². The van der Waals surface area contributed by atoms with Crippen molar-refractivity contribution in [2.75, 3.05) is 0 Å². The standard InChI is InChI=1S/C24H19FN2O3S/c25-17-10-8-15(9-11-17)18-13-20(21-7-4-12-31-21)27-23(19(18)14-26)30-22(24(28)29)16-5-2-1-3-6-16/h1-14,22,24,26,28-29H. The normalized spacial score (nSPS) is 12.0. The number of aliphatic hydroxyl groups is 2. The lowest BCUT2D eigenvalue weighted by Gasteiger charge is -2.23. The van der Waals surface area contributed by atoms with Crippen molar-refractivity contribution >= 4 is 17.6 Å². The van der Waals surface area contributed by atoms with Gasteiger partial charge in [-0.25, -0.2) is 9.37 Å². The Bertz CT molecular complexity index is 1160. The predicted octanol–water partition coefficient (Wildman–Crippen LogP) is 5.04. The molecule has 4 rings (SSSR count). The van der Waals surface area contributed by atoms with Crippen molar-refractivity contribution in [1.82, 2.24) is 4.98 Å². The fraction of sp³-hybridized carbons (Fsp3) is 0.0833. The van der Waals surface area contributed by atoms with Gasteiger partial charge in [0.1, 0.15) is 5.82 Å². The Balaban J connectivity index is 1.87. The molecule has 0 aliphatic carbocycles. The summed E-state index contributed by atoms with van der Waals surface area (Å²) in [6.07, 6.45) is -1.81. The SMILES string of the molecule is N=Cc1c(-c2ccc(F)cc2)cc(-c2cccs2)nc1OC(c1ccccc1)C(O)O. The van der Waals surface area contributed by atoms with E-state index in [9.17, 15) is 14.6 Å². The minimum Gasteiger partial charge on any atom is -0.464 e. The number of pyridine rings is 1. The van der Waals surface area contributed by atoms with E-state index in [1.807, 2.05) is 29.6 Å². The summed E-state index contributed by atoms with van der Waals surface area (Å²) in [5.74, 6) is -0.279. The number of ether oxygens (including phenoxy) is 1. The van der Waals surface area contributed by atoms with Gasteiger partial charge in [-0.2, -0.15) is 0 Å². The average Bonchev–Trinajstić information content (AvgIpc) is 3.33. The molecule has 5 nitrogen and oxygen atoms in total. The van der Waals surface area contributed by atoms with Crippen molar-refractivity contribution < 1.29 is 19.3 Å². The summed E-state index contributed by atoms with van der Waals surface area (Å²) in [5.41, 5.74) is 2.83. The van der Waals surface area contributed by atoms with Crippen molar-refractivity contribution in [3.63, 3.8) is 0 Å². The molecule has 31 heavy (non-hydrogen) atoms. The molecule has 0 spiro atoms. The van der Waals surface area contributed by atoms with Crippen molar-refractivity contribution in [3.8, 4) is 27.6 Å². The van der Waals surface area contributed by atoms with Crippen LogP contribution in [0, 0.1) is 11.2 Å². The molecule has 0 saturated carbocycles. The molecule has 0 amide bonds. The molecule has 156 valence electrons. The second kappa shape index (κ2) is 9.18. The van der Waals surface area contributed by atoms with Crippen LogP contribution >= 0.6 is 11.3 Å². The Hall–Kier alpha value is -3.39. The fourth-order valence-corrected chi connectivity index (χ4v) is 3.93. The van der Waals surface area contributed by atoms with Crippen LogP contribution in [-0.4, -0.2) is 27.7 Å². The quantitative estimate of drug-likeness (QED) is 0.281. The van der Waals surface area contributed by atoms with Crippen LogP contribution in [0.15, 0.2) is 78.2 Å². The van der Waals surface area contributed by atoms with Gasteiger partial charge >= 0.3 is 0 Å². The summed E-state index contributed by atoms with van der Waals surface area (Å²) in [7, 11) is 0. The van der Waals surface area contributed by atoms with Gasteiger partial charge in [0.05, 0.1) is 16.1 Å². The van der Waals surface area contributed by atoms with Gasteiger partial charge in [-0.15, -0.1) is 11.3 Å². The maximum Gasteiger partial charge on any atom is 0.224 e. The third-order valence-corrected chi connectivity index (χ3v) is 5.63. The molecule has 4 aromatic rings. The third kappa shape index (κ3) is 4.54. The molecule has 0 fully saturated rings. The van der Waals surface area contributed by atoms with Gasteiger partial charge in [-0.3, -0.25) is 0 Å². The smallest absolute Gasteiger partial charge is 0.224 e. The van der Waals surface area contributed by atoms with E-state index in [0.29, 0.717) is 27.9 Å². The molecular weight excluding hydrogens is 415 g/mol. The molecule has 0 bridgehead atoms. The number of hydrogen-bond acceptors (Lipinski definition) is 6. The van der Waals surface area contributed by atoms with E-state index in [0.717, 1.165) is 11.1 Å². The first-order valence-corrected chi connectivity index (χ1v) is 10.4. The third-order valence-electron chi connectivity index (χ3n) is 4.73. The minimum atomic E-state index is -1.80. The van der Waals surface area contributed by atoms with Gasteiger partial charge in [0.2, 0.25) is 5.88 Å². The van der Waals surface area contributed by atoms with E-state index >= 15 is 0 Å². The second-order valence-corrected chi connectivity index (χ2v) is 7.71. The number of nitrogens with zero attached hydrogens (tertiary/aromatic N) is 1. The van der Waals surface area contributed by atoms with Crippen molar-refractivity contribution in [2.45, 2.75) is 12.4 Å². The van der Waals surface area contributed by atoms with Gasteiger partial charge < -0.3 is 20.4 Å². The van der Waals surface area contributed by atoms with Crippen LogP contribution in [0.5, 0.6) is 5.88 Å². The van der Waals surface area contributed by atoms with Crippen LogP contribution in [0.1, 0.15) is 17.2 Å². The topological polar surface area (TPSA) is 86.4 Å². The molecule has 0 radical (unpaired) electrons. The molecule has 1 atom stereocenters. The van der Waals surface area contributed by atoms with Gasteiger partial charge in [-0.05, 0) is 46.3 Å². The van der Waals surface area contributed by atoms with E-state index in [1.165, 1.54) is 23.5 Å². The molecule has 3 N–H and O–H groups in total. The number of aromatic nitrogens is 1. The highest BCUT2D eigenvalue weighted by Gasteiger charge is 2.25. The van der Waals surface area contributed by atoms with E-state index in [4.69, 9.17) is 10.1 Å². The molecule has 2 heterocycles. The Morgan fingerprint density at radius 3 is 2.35 bits per heavy atom. The van der Waals surface area contributed by atoms with E-state index in [2.05, 4.69) is 4.98 Å². The van der Waals surface area contributed by atoms with Gasteiger partial charge in [0.15, 0.2) is 12.4 Å². The summed E-state index contributed by atoms with van der Waals surface area (Å²) in [4.78, 5) is 5.46. The summed E-state index contributed by atoms with van der Waals surface area (Å²) in [6.45, 7) is 0. The van der Waals surface area contributed by atoms with Crippen molar-refractivity contribution in [3.05, 3.63) is 95.1 Å². The van der Waals surface area contributed by atoms with E-state index in [1.54, 1.807) is 36.4 Å². The zero-order chi connectivity index (χ0) is 21.8. The largest absolute Gasteiger partial charge is 0.464 e. The average molecular weight is 434 g/mol. The second-order valence-electron chi connectivity index (χ2n) is 6.77. The predicted molar refractivity (Wildman–Crippen MR) is 119 cm³/mol. The Kier molecular flexibility index (Phi) is 6.18.